The standard InChI is InChI=1S/C20H17FN4O2S/c21-16-8-4-7-15(11-16)18-22-17(12-27-18)13-28-20-24-23-19(26)25(20)10-9-14-5-2-1-3-6-14/h1-8,11-12H,9-10,13H2,(H,23,26). The Morgan fingerprint density at radius 1 is 1.14 bits per heavy atom. The molecule has 0 aliphatic heterocycles. The van der Waals surface area contributed by atoms with E-state index < -0.39 is 0 Å². The molecule has 2 aromatic carbocycles. The lowest BCUT2D eigenvalue weighted by Crippen LogP contribution is -2.18. The van der Waals surface area contributed by atoms with E-state index in [1.165, 1.54) is 30.2 Å². The number of rotatable bonds is 7. The lowest BCUT2D eigenvalue weighted by atomic mass is 10.1. The molecule has 1 N–H and O–H groups in total. The van der Waals surface area contributed by atoms with Gasteiger partial charge in [0, 0.05) is 17.9 Å². The van der Waals surface area contributed by atoms with Crippen LogP contribution in [0.1, 0.15) is 11.3 Å². The van der Waals surface area contributed by atoms with E-state index in [0.717, 1.165) is 12.0 Å². The summed E-state index contributed by atoms with van der Waals surface area (Å²) < 4.78 is 20.4. The quantitative estimate of drug-likeness (QED) is 0.480. The summed E-state index contributed by atoms with van der Waals surface area (Å²) in [6.45, 7) is 0.537. The van der Waals surface area contributed by atoms with Crippen LogP contribution in [-0.4, -0.2) is 19.7 Å². The zero-order chi connectivity index (χ0) is 19.3. The van der Waals surface area contributed by atoms with Gasteiger partial charge < -0.3 is 4.42 Å². The number of hydrogen-bond acceptors (Lipinski definition) is 5. The minimum Gasteiger partial charge on any atom is -0.444 e. The van der Waals surface area contributed by atoms with Crippen molar-refractivity contribution in [3.05, 3.63) is 88.4 Å². The third-order valence-corrected chi connectivity index (χ3v) is 5.17. The van der Waals surface area contributed by atoms with Gasteiger partial charge in [0.1, 0.15) is 12.1 Å². The van der Waals surface area contributed by atoms with E-state index in [1.807, 2.05) is 30.3 Å². The van der Waals surface area contributed by atoms with Gasteiger partial charge in [0.2, 0.25) is 5.89 Å². The smallest absolute Gasteiger partial charge is 0.343 e. The highest BCUT2D eigenvalue weighted by Gasteiger charge is 2.12. The number of nitrogens with one attached hydrogen (secondary N) is 1. The molecule has 142 valence electrons. The first kappa shape index (κ1) is 18.2. The summed E-state index contributed by atoms with van der Waals surface area (Å²) in [7, 11) is 0. The third-order valence-electron chi connectivity index (χ3n) is 4.16. The summed E-state index contributed by atoms with van der Waals surface area (Å²) in [5, 5.41) is 7.19. The first-order valence-electron chi connectivity index (χ1n) is 8.71. The maximum absolute atomic E-state index is 13.4. The number of H-pyrrole nitrogens is 1. The number of aromatic amines is 1. The summed E-state index contributed by atoms with van der Waals surface area (Å²) in [6, 6.07) is 16.1. The lowest BCUT2D eigenvalue weighted by molar-refractivity contribution is 0.571. The number of halogens is 1. The number of nitrogens with zero attached hydrogens (tertiary/aromatic N) is 3. The minimum absolute atomic E-state index is 0.237. The number of oxazole rings is 1. The van der Waals surface area contributed by atoms with E-state index in [1.54, 1.807) is 16.7 Å². The fourth-order valence-corrected chi connectivity index (χ4v) is 3.61. The molecule has 0 radical (unpaired) electrons. The van der Waals surface area contributed by atoms with E-state index in [0.29, 0.717) is 34.6 Å². The van der Waals surface area contributed by atoms with Crippen molar-refractivity contribution in [1.29, 1.82) is 0 Å². The maximum Gasteiger partial charge on any atom is 0.343 e. The molecule has 0 atom stereocenters. The van der Waals surface area contributed by atoms with Crippen LogP contribution < -0.4 is 5.69 Å². The first-order chi connectivity index (χ1) is 13.7. The van der Waals surface area contributed by atoms with Gasteiger partial charge in [-0.05, 0) is 30.2 Å². The molecule has 8 heteroatoms. The van der Waals surface area contributed by atoms with Crippen molar-refractivity contribution in [2.75, 3.05) is 0 Å². The molecule has 28 heavy (non-hydrogen) atoms. The van der Waals surface area contributed by atoms with Gasteiger partial charge in [-0.1, -0.05) is 48.2 Å². The van der Waals surface area contributed by atoms with E-state index in [9.17, 15) is 9.18 Å². The second-order valence-corrected chi connectivity index (χ2v) is 7.08. The Balaban J connectivity index is 1.42. The van der Waals surface area contributed by atoms with Crippen molar-refractivity contribution in [1.82, 2.24) is 19.7 Å². The number of thioether (sulfide) groups is 1. The van der Waals surface area contributed by atoms with Crippen molar-refractivity contribution in [3.8, 4) is 11.5 Å². The van der Waals surface area contributed by atoms with Gasteiger partial charge in [-0.25, -0.2) is 19.3 Å². The van der Waals surface area contributed by atoms with Gasteiger partial charge in [0.05, 0.1) is 5.69 Å². The summed E-state index contributed by atoms with van der Waals surface area (Å²) in [4.78, 5) is 16.4. The molecule has 6 nitrogen and oxygen atoms in total. The van der Waals surface area contributed by atoms with Gasteiger partial charge >= 0.3 is 5.69 Å². The Bertz CT molecular complexity index is 1120. The molecule has 0 fully saturated rings. The van der Waals surface area contributed by atoms with E-state index in [-0.39, 0.29) is 11.5 Å². The summed E-state index contributed by atoms with van der Waals surface area (Å²) in [6.07, 6.45) is 2.27. The van der Waals surface area contributed by atoms with Crippen LogP contribution in [0.15, 0.2) is 75.2 Å². The van der Waals surface area contributed by atoms with Crippen LogP contribution in [0.2, 0.25) is 0 Å². The van der Waals surface area contributed by atoms with Gasteiger partial charge in [-0.2, -0.15) is 0 Å². The second-order valence-electron chi connectivity index (χ2n) is 6.14. The normalized spacial score (nSPS) is 11.0. The summed E-state index contributed by atoms with van der Waals surface area (Å²) in [5.74, 6) is 0.498. The highest BCUT2D eigenvalue weighted by Crippen LogP contribution is 2.24. The molecule has 0 spiro atoms. The molecule has 4 aromatic rings. The van der Waals surface area contributed by atoms with Crippen molar-refractivity contribution < 1.29 is 8.81 Å². The van der Waals surface area contributed by atoms with Crippen LogP contribution in [0, 0.1) is 5.82 Å². The molecule has 4 rings (SSSR count). The fourth-order valence-electron chi connectivity index (χ4n) is 2.76. The number of benzene rings is 2. The van der Waals surface area contributed by atoms with Gasteiger partial charge in [0.25, 0.3) is 0 Å². The molecular formula is C20H17FN4O2S. The lowest BCUT2D eigenvalue weighted by Gasteiger charge is -2.05. The number of aryl methyl sites for hydroxylation is 1. The maximum atomic E-state index is 13.4. The Morgan fingerprint density at radius 3 is 2.82 bits per heavy atom. The Hall–Kier alpha value is -3.13. The van der Waals surface area contributed by atoms with Crippen LogP contribution in [0.3, 0.4) is 0 Å². The van der Waals surface area contributed by atoms with Crippen LogP contribution in [0.25, 0.3) is 11.5 Å². The van der Waals surface area contributed by atoms with Crippen LogP contribution in [0.5, 0.6) is 0 Å². The number of hydrogen-bond donors (Lipinski definition) is 1. The minimum atomic E-state index is -0.342. The first-order valence-corrected chi connectivity index (χ1v) is 9.70. The molecule has 2 aromatic heterocycles. The van der Waals surface area contributed by atoms with Crippen molar-refractivity contribution in [2.24, 2.45) is 0 Å². The second kappa shape index (κ2) is 8.26. The third kappa shape index (κ3) is 4.23. The van der Waals surface area contributed by atoms with Crippen molar-refractivity contribution in [3.63, 3.8) is 0 Å². The Morgan fingerprint density at radius 2 is 2.00 bits per heavy atom. The highest BCUT2D eigenvalue weighted by molar-refractivity contribution is 7.98. The van der Waals surface area contributed by atoms with E-state index in [2.05, 4.69) is 15.2 Å². The molecule has 0 amide bonds. The average molecular weight is 396 g/mol. The zero-order valence-electron chi connectivity index (χ0n) is 14.8. The van der Waals surface area contributed by atoms with Crippen LogP contribution >= 0.6 is 11.8 Å². The van der Waals surface area contributed by atoms with Gasteiger partial charge in [0.15, 0.2) is 5.16 Å². The summed E-state index contributed by atoms with van der Waals surface area (Å²) >= 11 is 1.39. The topological polar surface area (TPSA) is 76.7 Å². The van der Waals surface area contributed by atoms with Crippen LogP contribution in [-0.2, 0) is 18.7 Å². The monoisotopic (exact) mass is 396 g/mol. The van der Waals surface area contributed by atoms with Gasteiger partial charge in [-0.15, -0.1) is 5.10 Å². The molecular weight excluding hydrogens is 379 g/mol. The average Bonchev–Trinajstić information content (AvgIpc) is 3.32. The SMILES string of the molecule is O=c1[nH]nc(SCc2coc(-c3cccc(F)c3)n2)n1CCc1ccccc1. The molecule has 0 aliphatic carbocycles. The molecule has 0 saturated heterocycles. The molecule has 0 bridgehead atoms. The van der Waals surface area contributed by atoms with E-state index >= 15 is 0 Å². The number of aromatic nitrogens is 4. The molecule has 2 heterocycles. The molecule has 0 aliphatic rings. The largest absolute Gasteiger partial charge is 0.444 e. The van der Waals surface area contributed by atoms with Gasteiger partial charge in [-0.3, -0.25) is 4.57 Å². The zero-order valence-corrected chi connectivity index (χ0v) is 15.7. The Labute approximate surface area is 164 Å². The van der Waals surface area contributed by atoms with E-state index in [4.69, 9.17) is 4.42 Å². The Kier molecular flexibility index (Phi) is 5.38. The highest BCUT2D eigenvalue weighted by atomic mass is 32.2. The van der Waals surface area contributed by atoms with Crippen molar-refractivity contribution in [2.45, 2.75) is 23.9 Å². The summed E-state index contributed by atoms with van der Waals surface area (Å²) in [5.41, 5.74) is 2.19. The molecule has 0 unspecified atom stereocenters. The predicted molar refractivity (Wildman–Crippen MR) is 104 cm³/mol. The fraction of sp³-hybridized carbons (Fsp3) is 0.150. The van der Waals surface area contributed by atoms with Crippen molar-refractivity contribution >= 4 is 11.8 Å². The van der Waals surface area contributed by atoms with Crippen LogP contribution in [0.4, 0.5) is 4.39 Å². The molecule has 0 saturated carbocycles. The predicted octanol–water partition coefficient (Wildman–Crippen LogP) is 3.90.